The molecule has 2 aromatic heterocycles. The first kappa shape index (κ1) is 28.7. The number of aliphatic carboxylic acids is 1. The molecule has 0 unspecified atom stereocenters. The molecule has 13 heteroatoms. The van der Waals surface area contributed by atoms with Gasteiger partial charge >= 0.3 is 5.97 Å². The van der Waals surface area contributed by atoms with E-state index in [0.29, 0.717) is 24.9 Å². The summed E-state index contributed by atoms with van der Waals surface area (Å²) in [7, 11) is 0. The van der Waals surface area contributed by atoms with Gasteiger partial charge in [-0.15, -0.1) is 0 Å². The Balaban J connectivity index is 1.44. The summed E-state index contributed by atoms with van der Waals surface area (Å²) in [4.78, 5) is 44.0. The van der Waals surface area contributed by atoms with Crippen molar-refractivity contribution in [1.82, 2.24) is 14.5 Å². The van der Waals surface area contributed by atoms with Crippen LogP contribution in [0.1, 0.15) is 23.2 Å². The molecule has 10 nitrogen and oxygen atoms in total. The van der Waals surface area contributed by atoms with Crippen molar-refractivity contribution in [3.63, 3.8) is 0 Å². The van der Waals surface area contributed by atoms with Crippen LogP contribution in [0, 0.1) is 11.6 Å². The molecule has 0 aliphatic carbocycles. The Morgan fingerprint density at radius 2 is 1.88 bits per heavy atom. The van der Waals surface area contributed by atoms with Crippen LogP contribution in [-0.2, 0) is 11.5 Å². The summed E-state index contributed by atoms with van der Waals surface area (Å²) in [5.41, 5.74) is 5.24. The molecule has 0 spiro atoms. The molecule has 1 amide bonds. The van der Waals surface area contributed by atoms with Crippen LogP contribution in [0.15, 0.2) is 71.9 Å². The lowest BCUT2D eigenvalue weighted by Gasteiger charge is -2.23. The predicted molar refractivity (Wildman–Crippen MR) is 152 cm³/mol. The molecule has 1 fully saturated rings. The number of aromatic nitrogens is 2. The van der Waals surface area contributed by atoms with E-state index >= 15 is 0 Å². The molecule has 216 valence electrons. The van der Waals surface area contributed by atoms with E-state index in [1.165, 1.54) is 65.6 Å². The van der Waals surface area contributed by atoms with Crippen molar-refractivity contribution in [3.05, 3.63) is 99.6 Å². The van der Waals surface area contributed by atoms with Gasteiger partial charge in [-0.25, -0.2) is 13.8 Å². The van der Waals surface area contributed by atoms with Crippen molar-refractivity contribution in [2.45, 2.75) is 25.6 Å². The summed E-state index contributed by atoms with van der Waals surface area (Å²) in [6, 6.07) is 9.54. The van der Waals surface area contributed by atoms with E-state index in [1.807, 2.05) is 0 Å². The zero-order chi connectivity index (χ0) is 30.0. The standard InChI is InChI=1S/C29H24ClF2N5O5/c30-25-24(9-10-34-27(25)33)42-23-8-7-18(12-21(23)32)35-28(39)20-14-36(15-37-11-1-2-22(37)29(40)41)13-19(26(20)38)16-3-5-17(31)6-4-16/h3-10,12-14,22H,1-2,11,15H2,(H2,33,34)(H,35,39)(H,40,41)/t22-/m0/s1. The second kappa shape index (κ2) is 12.0. The minimum absolute atomic E-state index is 0.00944. The van der Waals surface area contributed by atoms with Crippen LogP contribution < -0.4 is 21.2 Å². The van der Waals surface area contributed by atoms with Crippen molar-refractivity contribution >= 4 is 35.0 Å². The Morgan fingerprint density at radius 3 is 2.60 bits per heavy atom. The first-order valence-electron chi connectivity index (χ1n) is 12.8. The number of rotatable bonds is 8. The van der Waals surface area contributed by atoms with Gasteiger partial charge in [0.2, 0.25) is 5.43 Å². The van der Waals surface area contributed by atoms with E-state index in [2.05, 4.69) is 10.3 Å². The minimum atomic E-state index is -0.964. The third kappa shape index (κ3) is 6.09. The number of nitrogens with zero attached hydrogens (tertiary/aromatic N) is 3. The zero-order valence-corrected chi connectivity index (χ0v) is 22.6. The fourth-order valence-corrected chi connectivity index (χ4v) is 4.84. The molecule has 4 aromatic rings. The lowest BCUT2D eigenvalue weighted by molar-refractivity contribution is -0.142. The number of nitrogens with one attached hydrogen (secondary N) is 1. The number of carboxylic acids is 1. The Morgan fingerprint density at radius 1 is 1.12 bits per heavy atom. The number of carboxylic acid groups (broad SMARTS) is 1. The van der Waals surface area contributed by atoms with E-state index < -0.39 is 35.0 Å². The predicted octanol–water partition coefficient (Wildman–Crippen LogP) is 4.98. The highest BCUT2D eigenvalue weighted by atomic mass is 35.5. The van der Waals surface area contributed by atoms with Crippen LogP contribution in [0.25, 0.3) is 11.1 Å². The lowest BCUT2D eigenvalue weighted by Crippen LogP contribution is -2.37. The number of pyridine rings is 2. The van der Waals surface area contributed by atoms with Gasteiger partial charge in [0.1, 0.15) is 28.3 Å². The molecular weight excluding hydrogens is 572 g/mol. The number of carbonyl (C=O) groups is 2. The highest BCUT2D eigenvalue weighted by molar-refractivity contribution is 6.34. The summed E-state index contributed by atoms with van der Waals surface area (Å²) < 4.78 is 35.5. The third-order valence-electron chi connectivity index (χ3n) is 6.76. The number of ether oxygens (including phenoxy) is 1. The normalized spacial score (nSPS) is 15.0. The monoisotopic (exact) mass is 595 g/mol. The second-order valence-electron chi connectivity index (χ2n) is 9.60. The Labute approximate surface area is 242 Å². The molecule has 4 N–H and O–H groups in total. The molecule has 2 aromatic carbocycles. The number of nitrogens with two attached hydrogens (primary N) is 1. The smallest absolute Gasteiger partial charge is 0.320 e. The Kier molecular flexibility index (Phi) is 8.18. The number of hydrogen-bond acceptors (Lipinski definition) is 7. The maximum Gasteiger partial charge on any atom is 0.320 e. The molecule has 42 heavy (non-hydrogen) atoms. The van der Waals surface area contributed by atoms with E-state index in [1.54, 1.807) is 4.90 Å². The van der Waals surface area contributed by atoms with Gasteiger partial charge in [0, 0.05) is 48.5 Å². The molecular formula is C29H24ClF2N5O5. The number of likely N-dealkylation sites (tertiary alicyclic amines) is 1. The van der Waals surface area contributed by atoms with Crippen LogP contribution >= 0.6 is 11.6 Å². The summed E-state index contributed by atoms with van der Waals surface area (Å²) in [5, 5.41) is 12.1. The van der Waals surface area contributed by atoms with Crippen molar-refractivity contribution in [2.75, 3.05) is 17.6 Å². The summed E-state index contributed by atoms with van der Waals surface area (Å²) >= 11 is 6.06. The molecule has 0 radical (unpaired) electrons. The fourth-order valence-electron chi connectivity index (χ4n) is 4.69. The molecule has 0 bridgehead atoms. The number of anilines is 2. The van der Waals surface area contributed by atoms with Gasteiger partial charge < -0.3 is 25.5 Å². The van der Waals surface area contributed by atoms with Crippen molar-refractivity contribution < 1.29 is 28.2 Å². The summed E-state index contributed by atoms with van der Waals surface area (Å²) in [6.45, 7) is 0.607. The molecule has 5 rings (SSSR count). The van der Waals surface area contributed by atoms with E-state index in [0.717, 1.165) is 6.07 Å². The first-order chi connectivity index (χ1) is 20.1. The van der Waals surface area contributed by atoms with Crippen LogP contribution in [0.5, 0.6) is 11.5 Å². The number of hydrogen-bond donors (Lipinski definition) is 3. The number of halogens is 3. The topological polar surface area (TPSA) is 140 Å². The highest BCUT2D eigenvalue weighted by Gasteiger charge is 2.30. The molecule has 1 saturated heterocycles. The maximum absolute atomic E-state index is 14.9. The van der Waals surface area contributed by atoms with E-state index in [-0.39, 0.29) is 45.8 Å². The number of amides is 1. The van der Waals surface area contributed by atoms with Gasteiger partial charge in [0.25, 0.3) is 5.91 Å². The molecule has 1 aliphatic rings. The number of nitrogen functional groups attached to an aromatic ring is 1. The van der Waals surface area contributed by atoms with Gasteiger partial charge in [-0.3, -0.25) is 19.3 Å². The van der Waals surface area contributed by atoms with Gasteiger partial charge in [0.15, 0.2) is 17.3 Å². The third-order valence-corrected chi connectivity index (χ3v) is 7.14. The first-order valence-corrected chi connectivity index (χ1v) is 13.1. The molecule has 1 aliphatic heterocycles. The maximum atomic E-state index is 14.9. The Hall–Kier alpha value is -4.81. The van der Waals surface area contributed by atoms with Crippen LogP contribution in [0.3, 0.4) is 0 Å². The molecule has 3 heterocycles. The average molecular weight is 596 g/mol. The van der Waals surface area contributed by atoms with E-state index in [4.69, 9.17) is 22.1 Å². The zero-order valence-electron chi connectivity index (χ0n) is 21.9. The van der Waals surface area contributed by atoms with Gasteiger partial charge in [-0.05, 0) is 42.7 Å². The van der Waals surface area contributed by atoms with Crippen molar-refractivity contribution in [3.8, 4) is 22.6 Å². The van der Waals surface area contributed by atoms with Crippen molar-refractivity contribution in [2.24, 2.45) is 0 Å². The SMILES string of the molecule is Nc1nccc(Oc2ccc(NC(=O)c3cn(CN4CCC[C@H]4C(=O)O)cc(-c4ccc(F)cc4)c3=O)cc2F)c1Cl. The highest BCUT2D eigenvalue weighted by Crippen LogP contribution is 2.34. The average Bonchev–Trinajstić information content (AvgIpc) is 3.42. The van der Waals surface area contributed by atoms with Gasteiger partial charge in [-0.1, -0.05) is 23.7 Å². The van der Waals surface area contributed by atoms with Gasteiger partial charge in [0.05, 0.1) is 6.67 Å². The largest absolute Gasteiger partial charge is 0.480 e. The number of benzene rings is 2. The lowest BCUT2D eigenvalue weighted by atomic mass is 10.0. The summed E-state index contributed by atoms with van der Waals surface area (Å²) in [6.07, 6.45) is 5.31. The van der Waals surface area contributed by atoms with E-state index in [9.17, 15) is 28.3 Å². The minimum Gasteiger partial charge on any atom is -0.480 e. The van der Waals surface area contributed by atoms with Crippen molar-refractivity contribution in [1.29, 1.82) is 0 Å². The van der Waals surface area contributed by atoms with Crippen LogP contribution in [0.4, 0.5) is 20.3 Å². The quantitative estimate of drug-likeness (QED) is 0.259. The fraction of sp³-hybridized carbons (Fsp3) is 0.172. The molecule has 0 saturated carbocycles. The second-order valence-corrected chi connectivity index (χ2v) is 9.97. The van der Waals surface area contributed by atoms with Crippen LogP contribution in [-0.4, -0.2) is 44.0 Å². The van der Waals surface area contributed by atoms with Gasteiger partial charge in [-0.2, -0.15) is 0 Å². The number of carbonyl (C=O) groups excluding carboxylic acids is 1. The Bertz CT molecular complexity index is 1730. The van der Waals surface area contributed by atoms with Crippen LogP contribution in [0.2, 0.25) is 5.02 Å². The molecule has 1 atom stereocenters. The summed E-state index contributed by atoms with van der Waals surface area (Å²) in [5.74, 6) is -3.22.